The minimum atomic E-state index is -0.884. The molecule has 0 aliphatic carbocycles. The summed E-state index contributed by atoms with van der Waals surface area (Å²) >= 11 is 0. The van der Waals surface area contributed by atoms with E-state index in [9.17, 15) is 9.59 Å². The molecule has 0 bridgehead atoms. The maximum Gasteiger partial charge on any atom is 0.317 e. The maximum atomic E-state index is 12.1. The molecule has 0 saturated carbocycles. The van der Waals surface area contributed by atoms with Gasteiger partial charge in [0.2, 0.25) is 0 Å². The largest absolute Gasteiger partial charge is 0.481 e. The number of rotatable bonds is 5. The normalized spacial score (nSPS) is 20.9. The van der Waals surface area contributed by atoms with E-state index in [1.54, 1.807) is 13.8 Å². The summed E-state index contributed by atoms with van der Waals surface area (Å²) in [4.78, 5) is 24.8. The molecule has 110 valence electrons. The number of likely N-dealkylation sites (tertiary alicyclic amines) is 1. The predicted octanol–water partition coefficient (Wildman–Crippen LogP) is 2.32. The van der Waals surface area contributed by atoms with E-state index in [4.69, 9.17) is 5.11 Å². The van der Waals surface area contributed by atoms with Gasteiger partial charge in [0.1, 0.15) is 0 Å². The highest BCUT2D eigenvalue weighted by Crippen LogP contribution is 2.36. The summed E-state index contributed by atoms with van der Waals surface area (Å²) < 4.78 is 0. The van der Waals surface area contributed by atoms with Gasteiger partial charge in [0.15, 0.2) is 0 Å². The number of amides is 2. The molecular weight excluding hydrogens is 244 g/mol. The summed E-state index contributed by atoms with van der Waals surface area (Å²) in [6.45, 7) is 9.22. The van der Waals surface area contributed by atoms with Gasteiger partial charge in [-0.05, 0) is 38.5 Å². The summed E-state index contributed by atoms with van der Waals surface area (Å²) in [5, 5.41) is 11.7. The van der Waals surface area contributed by atoms with Crippen LogP contribution < -0.4 is 5.32 Å². The van der Waals surface area contributed by atoms with Crippen LogP contribution in [-0.4, -0.2) is 41.1 Å². The topological polar surface area (TPSA) is 69.6 Å². The number of aliphatic carboxylic acids is 1. The monoisotopic (exact) mass is 270 g/mol. The van der Waals surface area contributed by atoms with Gasteiger partial charge < -0.3 is 15.3 Å². The van der Waals surface area contributed by atoms with Gasteiger partial charge in [-0.1, -0.05) is 13.8 Å². The number of carbonyl (C=O) groups excluding carboxylic acids is 1. The van der Waals surface area contributed by atoms with Gasteiger partial charge in [-0.25, -0.2) is 4.79 Å². The van der Waals surface area contributed by atoms with Crippen LogP contribution in [0.15, 0.2) is 0 Å². The zero-order chi connectivity index (χ0) is 14.6. The minimum Gasteiger partial charge on any atom is -0.481 e. The van der Waals surface area contributed by atoms with Crippen LogP contribution >= 0.6 is 0 Å². The van der Waals surface area contributed by atoms with Gasteiger partial charge in [0.25, 0.3) is 0 Å². The highest BCUT2D eigenvalue weighted by molar-refractivity contribution is 5.77. The Labute approximate surface area is 115 Å². The van der Waals surface area contributed by atoms with Crippen molar-refractivity contribution in [2.45, 2.75) is 53.0 Å². The second-order valence-electron chi connectivity index (χ2n) is 5.74. The van der Waals surface area contributed by atoms with E-state index in [1.165, 1.54) is 0 Å². The lowest BCUT2D eigenvalue weighted by molar-refractivity contribution is -0.141. The second kappa shape index (κ2) is 6.26. The third-order valence-electron chi connectivity index (χ3n) is 4.72. The molecule has 0 aromatic carbocycles. The van der Waals surface area contributed by atoms with Crippen molar-refractivity contribution in [3.05, 3.63) is 0 Å². The van der Waals surface area contributed by atoms with Crippen LogP contribution in [0.1, 0.15) is 47.0 Å². The molecule has 0 radical (unpaired) electrons. The molecule has 1 fully saturated rings. The summed E-state index contributed by atoms with van der Waals surface area (Å²) in [6.07, 6.45) is 3.19. The molecular formula is C14H26N2O3. The Balaban J connectivity index is 2.54. The number of carbonyl (C=O) groups is 2. The van der Waals surface area contributed by atoms with Crippen LogP contribution in [0.4, 0.5) is 4.79 Å². The molecule has 5 nitrogen and oxygen atoms in total. The van der Waals surface area contributed by atoms with Crippen molar-refractivity contribution in [3.8, 4) is 0 Å². The van der Waals surface area contributed by atoms with Crippen molar-refractivity contribution in [2.24, 2.45) is 11.3 Å². The molecule has 2 unspecified atom stereocenters. The molecule has 1 saturated heterocycles. The summed E-state index contributed by atoms with van der Waals surface area (Å²) in [5.41, 5.74) is 0.249. The van der Waals surface area contributed by atoms with Gasteiger partial charge in [-0.3, -0.25) is 4.79 Å². The first-order chi connectivity index (χ1) is 8.85. The smallest absolute Gasteiger partial charge is 0.317 e. The van der Waals surface area contributed by atoms with Gasteiger partial charge in [-0.2, -0.15) is 0 Å². The lowest BCUT2D eigenvalue weighted by Gasteiger charge is -2.27. The SMILES string of the molecule is CCC1(CC)CCN(C(=O)NC(C)C(C)C(=O)O)C1. The molecule has 0 spiro atoms. The van der Waals surface area contributed by atoms with E-state index in [0.29, 0.717) is 0 Å². The third kappa shape index (κ3) is 3.61. The molecule has 0 aromatic heterocycles. The van der Waals surface area contributed by atoms with E-state index < -0.39 is 11.9 Å². The average Bonchev–Trinajstić information content (AvgIpc) is 2.82. The van der Waals surface area contributed by atoms with Crippen molar-refractivity contribution in [3.63, 3.8) is 0 Å². The van der Waals surface area contributed by atoms with Crippen LogP contribution in [0.25, 0.3) is 0 Å². The highest BCUT2D eigenvalue weighted by atomic mass is 16.4. The Morgan fingerprint density at radius 2 is 1.89 bits per heavy atom. The van der Waals surface area contributed by atoms with Crippen molar-refractivity contribution in [2.75, 3.05) is 13.1 Å². The van der Waals surface area contributed by atoms with E-state index in [1.807, 2.05) is 4.90 Å². The first-order valence-corrected chi connectivity index (χ1v) is 7.13. The second-order valence-corrected chi connectivity index (χ2v) is 5.74. The van der Waals surface area contributed by atoms with E-state index in [0.717, 1.165) is 32.4 Å². The van der Waals surface area contributed by atoms with Crippen LogP contribution in [0.2, 0.25) is 0 Å². The summed E-state index contributed by atoms with van der Waals surface area (Å²) in [7, 11) is 0. The summed E-state index contributed by atoms with van der Waals surface area (Å²) in [5.74, 6) is -1.46. The average molecular weight is 270 g/mol. The molecule has 2 atom stereocenters. The van der Waals surface area contributed by atoms with Crippen molar-refractivity contribution in [1.29, 1.82) is 0 Å². The number of nitrogens with one attached hydrogen (secondary N) is 1. The third-order valence-corrected chi connectivity index (χ3v) is 4.72. The van der Waals surface area contributed by atoms with Gasteiger partial charge in [0, 0.05) is 19.1 Å². The van der Waals surface area contributed by atoms with Crippen LogP contribution in [0, 0.1) is 11.3 Å². The number of nitrogens with zero attached hydrogens (tertiary/aromatic N) is 1. The fourth-order valence-electron chi connectivity index (χ4n) is 2.56. The van der Waals surface area contributed by atoms with Gasteiger partial charge >= 0.3 is 12.0 Å². The zero-order valence-electron chi connectivity index (χ0n) is 12.4. The first-order valence-electron chi connectivity index (χ1n) is 7.13. The molecule has 0 aromatic rings. The predicted molar refractivity (Wildman–Crippen MR) is 74.0 cm³/mol. The van der Waals surface area contributed by atoms with E-state index in [2.05, 4.69) is 19.2 Å². The van der Waals surface area contributed by atoms with Crippen LogP contribution in [-0.2, 0) is 4.79 Å². The lowest BCUT2D eigenvalue weighted by atomic mass is 9.82. The zero-order valence-corrected chi connectivity index (χ0v) is 12.4. The number of hydrogen-bond donors (Lipinski definition) is 2. The maximum absolute atomic E-state index is 12.1. The molecule has 5 heteroatoms. The summed E-state index contributed by atoms with van der Waals surface area (Å²) in [6, 6.07) is -0.493. The quantitative estimate of drug-likeness (QED) is 0.805. The van der Waals surface area contributed by atoms with Crippen molar-refractivity contribution < 1.29 is 14.7 Å². The molecule has 1 aliphatic rings. The molecule has 1 aliphatic heterocycles. The van der Waals surface area contributed by atoms with Crippen LogP contribution in [0.3, 0.4) is 0 Å². The molecule has 1 rings (SSSR count). The van der Waals surface area contributed by atoms with E-state index in [-0.39, 0.29) is 17.5 Å². The fourth-order valence-corrected chi connectivity index (χ4v) is 2.56. The van der Waals surface area contributed by atoms with Crippen molar-refractivity contribution in [1.82, 2.24) is 10.2 Å². The Morgan fingerprint density at radius 1 is 1.32 bits per heavy atom. The van der Waals surface area contributed by atoms with Gasteiger partial charge in [0.05, 0.1) is 5.92 Å². The van der Waals surface area contributed by atoms with Gasteiger partial charge in [-0.15, -0.1) is 0 Å². The highest BCUT2D eigenvalue weighted by Gasteiger charge is 2.37. The van der Waals surface area contributed by atoms with E-state index >= 15 is 0 Å². The molecule has 2 N–H and O–H groups in total. The number of carboxylic acids is 1. The fraction of sp³-hybridized carbons (Fsp3) is 0.857. The number of hydrogen-bond acceptors (Lipinski definition) is 2. The Bertz CT molecular complexity index is 340. The Hall–Kier alpha value is -1.26. The Morgan fingerprint density at radius 3 is 2.32 bits per heavy atom. The minimum absolute atomic E-state index is 0.135. The lowest BCUT2D eigenvalue weighted by Crippen LogP contribution is -2.47. The molecule has 1 heterocycles. The standard InChI is InChI=1S/C14H26N2O3/c1-5-14(6-2)7-8-16(9-14)13(19)15-11(4)10(3)12(17)18/h10-11H,5-9H2,1-4H3,(H,15,19)(H,17,18). The number of urea groups is 1. The molecule has 19 heavy (non-hydrogen) atoms. The van der Waals surface area contributed by atoms with Crippen molar-refractivity contribution >= 4 is 12.0 Å². The Kier molecular flexibility index (Phi) is 5.20. The molecule has 2 amide bonds. The number of carboxylic acid groups (broad SMARTS) is 1. The first kappa shape index (κ1) is 15.8. The van der Waals surface area contributed by atoms with Crippen LogP contribution in [0.5, 0.6) is 0 Å².